The van der Waals surface area contributed by atoms with Gasteiger partial charge in [-0.1, -0.05) is 31.5 Å². The van der Waals surface area contributed by atoms with Gasteiger partial charge in [-0.3, -0.25) is 9.69 Å². The topological polar surface area (TPSA) is 58.4 Å². The van der Waals surface area contributed by atoms with Crippen LogP contribution in [0.15, 0.2) is 24.3 Å². The molecule has 20 heavy (non-hydrogen) atoms. The van der Waals surface area contributed by atoms with E-state index in [2.05, 4.69) is 12.2 Å². The summed E-state index contributed by atoms with van der Waals surface area (Å²) in [5.74, 6) is -0.873. The van der Waals surface area contributed by atoms with E-state index < -0.39 is 11.4 Å². The summed E-state index contributed by atoms with van der Waals surface area (Å²) in [6.07, 6.45) is 1.99. The maximum absolute atomic E-state index is 14.2. The molecule has 1 aliphatic heterocycles. The predicted molar refractivity (Wildman–Crippen MR) is 76.6 cm³/mol. The van der Waals surface area contributed by atoms with Crippen LogP contribution in [-0.2, 0) is 10.3 Å². The number of primary amides is 1. The average molecular weight is 279 g/mol. The van der Waals surface area contributed by atoms with E-state index in [-0.39, 0.29) is 5.82 Å². The van der Waals surface area contributed by atoms with Crippen LogP contribution in [-0.4, -0.2) is 37.0 Å². The average Bonchev–Trinajstić information content (AvgIpc) is 2.45. The molecule has 2 rings (SSSR count). The second kappa shape index (κ2) is 6.33. The Hall–Kier alpha value is -1.46. The third-order valence-corrected chi connectivity index (χ3v) is 3.99. The lowest BCUT2D eigenvalue weighted by molar-refractivity contribution is -0.132. The molecular formula is C15H22FN3O. The second-order valence-corrected chi connectivity index (χ2v) is 5.22. The molecular weight excluding hydrogens is 257 g/mol. The SMILES string of the molecule is CCCCN1CCNCC1(C(N)=O)c1ccccc1F. The van der Waals surface area contributed by atoms with Gasteiger partial charge in [0.05, 0.1) is 0 Å². The maximum Gasteiger partial charge on any atom is 0.244 e. The van der Waals surface area contributed by atoms with E-state index in [1.807, 2.05) is 4.90 Å². The van der Waals surface area contributed by atoms with Crippen LogP contribution in [0.25, 0.3) is 0 Å². The molecule has 0 spiro atoms. The minimum atomic E-state index is -1.08. The molecule has 0 aromatic heterocycles. The van der Waals surface area contributed by atoms with Crippen LogP contribution in [0, 0.1) is 5.82 Å². The van der Waals surface area contributed by atoms with Crippen molar-refractivity contribution in [3.63, 3.8) is 0 Å². The number of rotatable bonds is 5. The van der Waals surface area contributed by atoms with Crippen LogP contribution in [0.5, 0.6) is 0 Å². The summed E-state index contributed by atoms with van der Waals surface area (Å²) in [6.45, 7) is 4.67. The Balaban J connectivity index is 2.45. The van der Waals surface area contributed by atoms with Gasteiger partial charge in [0, 0.05) is 25.2 Å². The fourth-order valence-corrected chi connectivity index (χ4v) is 2.88. The molecule has 1 amide bonds. The van der Waals surface area contributed by atoms with Crippen LogP contribution in [0.1, 0.15) is 25.3 Å². The van der Waals surface area contributed by atoms with E-state index in [9.17, 15) is 9.18 Å². The van der Waals surface area contributed by atoms with Gasteiger partial charge in [-0.15, -0.1) is 0 Å². The van der Waals surface area contributed by atoms with Crippen LogP contribution >= 0.6 is 0 Å². The zero-order chi connectivity index (χ0) is 14.6. The smallest absolute Gasteiger partial charge is 0.244 e. The summed E-state index contributed by atoms with van der Waals surface area (Å²) in [5.41, 5.74) is 4.96. The van der Waals surface area contributed by atoms with Gasteiger partial charge >= 0.3 is 0 Å². The number of benzene rings is 1. The molecule has 5 heteroatoms. The second-order valence-electron chi connectivity index (χ2n) is 5.22. The lowest BCUT2D eigenvalue weighted by atomic mass is 9.84. The number of hydrogen-bond donors (Lipinski definition) is 2. The summed E-state index contributed by atoms with van der Waals surface area (Å²) < 4.78 is 14.2. The highest BCUT2D eigenvalue weighted by atomic mass is 19.1. The number of nitrogens with one attached hydrogen (secondary N) is 1. The van der Waals surface area contributed by atoms with Crippen molar-refractivity contribution in [1.29, 1.82) is 0 Å². The van der Waals surface area contributed by atoms with Crippen molar-refractivity contribution in [3.05, 3.63) is 35.6 Å². The minimum Gasteiger partial charge on any atom is -0.368 e. The van der Waals surface area contributed by atoms with Crippen molar-refractivity contribution >= 4 is 5.91 Å². The molecule has 1 fully saturated rings. The molecule has 1 atom stereocenters. The Kier molecular flexibility index (Phi) is 4.73. The van der Waals surface area contributed by atoms with Gasteiger partial charge in [0.1, 0.15) is 11.4 Å². The number of hydrogen-bond acceptors (Lipinski definition) is 3. The molecule has 1 unspecified atom stereocenters. The van der Waals surface area contributed by atoms with Gasteiger partial charge in [-0.2, -0.15) is 0 Å². The van der Waals surface area contributed by atoms with E-state index in [0.717, 1.165) is 25.9 Å². The maximum atomic E-state index is 14.2. The lowest BCUT2D eigenvalue weighted by Crippen LogP contribution is -2.65. The van der Waals surface area contributed by atoms with Crippen LogP contribution in [0.4, 0.5) is 4.39 Å². The molecule has 1 aromatic carbocycles. The summed E-state index contributed by atoms with van der Waals surface area (Å²) in [6, 6.07) is 6.41. The van der Waals surface area contributed by atoms with Gasteiger partial charge < -0.3 is 11.1 Å². The number of carbonyl (C=O) groups is 1. The minimum absolute atomic E-state index is 0.354. The fraction of sp³-hybridized carbons (Fsp3) is 0.533. The monoisotopic (exact) mass is 279 g/mol. The highest BCUT2D eigenvalue weighted by Gasteiger charge is 2.47. The molecule has 1 aromatic rings. The number of nitrogens with zero attached hydrogens (tertiary/aromatic N) is 1. The van der Waals surface area contributed by atoms with Crippen molar-refractivity contribution < 1.29 is 9.18 Å². The molecule has 3 N–H and O–H groups in total. The molecule has 110 valence electrons. The van der Waals surface area contributed by atoms with Gasteiger partial charge in [0.15, 0.2) is 0 Å². The predicted octanol–water partition coefficient (Wildman–Crippen LogP) is 1.21. The number of unbranched alkanes of at least 4 members (excludes halogenated alkanes) is 1. The third-order valence-electron chi connectivity index (χ3n) is 3.99. The Labute approximate surface area is 119 Å². The number of nitrogens with two attached hydrogens (primary N) is 1. The number of piperazine rings is 1. The molecule has 0 radical (unpaired) electrons. The van der Waals surface area contributed by atoms with Crippen molar-refractivity contribution in [1.82, 2.24) is 10.2 Å². The zero-order valence-electron chi connectivity index (χ0n) is 11.9. The summed E-state index contributed by atoms with van der Waals surface area (Å²) in [5, 5.41) is 3.18. The lowest BCUT2D eigenvalue weighted by Gasteiger charge is -2.45. The molecule has 0 bridgehead atoms. The normalized spacial score (nSPS) is 23.7. The first kappa shape index (κ1) is 14.9. The number of carbonyl (C=O) groups excluding carboxylic acids is 1. The molecule has 0 saturated carbocycles. The van der Waals surface area contributed by atoms with Crippen LogP contribution in [0.2, 0.25) is 0 Å². The largest absolute Gasteiger partial charge is 0.368 e. The number of halogens is 1. The molecule has 1 aliphatic rings. The number of amides is 1. The van der Waals surface area contributed by atoms with Crippen molar-refractivity contribution in [2.75, 3.05) is 26.2 Å². The first-order valence-corrected chi connectivity index (χ1v) is 7.13. The Morgan fingerprint density at radius 2 is 2.25 bits per heavy atom. The molecule has 1 heterocycles. The molecule has 1 saturated heterocycles. The first-order valence-electron chi connectivity index (χ1n) is 7.13. The summed E-state index contributed by atoms with van der Waals surface area (Å²) in [4.78, 5) is 14.2. The molecule has 0 aliphatic carbocycles. The summed E-state index contributed by atoms with van der Waals surface area (Å²) >= 11 is 0. The highest BCUT2D eigenvalue weighted by Crippen LogP contribution is 2.32. The van der Waals surface area contributed by atoms with E-state index in [1.165, 1.54) is 6.07 Å². The first-order chi connectivity index (χ1) is 9.63. The Bertz CT molecular complexity index is 480. The summed E-state index contributed by atoms with van der Waals surface area (Å²) in [7, 11) is 0. The van der Waals surface area contributed by atoms with E-state index in [4.69, 9.17) is 5.73 Å². The standard InChI is InChI=1S/C15H22FN3O/c1-2-3-9-19-10-8-18-11-15(19,14(17)20)12-6-4-5-7-13(12)16/h4-7,18H,2-3,8-11H2,1H3,(H2,17,20). The molecule has 4 nitrogen and oxygen atoms in total. The van der Waals surface area contributed by atoms with Gasteiger partial charge in [-0.05, 0) is 19.0 Å². The van der Waals surface area contributed by atoms with Crippen molar-refractivity contribution in [2.45, 2.75) is 25.3 Å². The van der Waals surface area contributed by atoms with Crippen molar-refractivity contribution in [2.24, 2.45) is 5.73 Å². The van der Waals surface area contributed by atoms with Crippen LogP contribution < -0.4 is 11.1 Å². The Morgan fingerprint density at radius 1 is 1.50 bits per heavy atom. The van der Waals surface area contributed by atoms with E-state index in [0.29, 0.717) is 18.7 Å². The fourth-order valence-electron chi connectivity index (χ4n) is 2.88. The zero-order valence-corrected chi connectivity index (χ0v) is 11.9. The van der Waals surface area contributed by atoms with Gasteiger partial charge in [0.25, 0.3) is 0 Å². The van der Waals surface area contributed by atoms with E-state index in [1.54, 1.807) is 18.2 Å². The van der Waals surface area contributed by atoms with Gasteiger partial charge in [0.2, 0.25) is 5.91 Å². The van der Waals surface area contributed by atoms with Crippen molar-refractivity contribution in [3.8, 4) is 0 Å². The quantitative estimate of drug-likeness (QED) is 0.852. The third kappa shape index (κ3) is 2.55. The Morgan fingerprint density at radius 3 is 2.90 bits per heavy atom. The van der Waals surface area contributed by atoms with Gasteiger partial charge in [-0.25, -0.2) is 4.39 Å². The highest BCUT2D eigenvalue weighted by molar-refractivity contribution is 5.86. The van der Waals surface area contributed by atoms with Crippen LogP contribution in [0.3, 0.4) is 0 Å². The van der Waals surface area contributed by atoms with E-state index >= 15 is 0 Å².